The normalized spacial score (nSPS) is 15.3. The minimum Gasteiger partial charge on any atom is -0.465 e. The molecule has 0 atom stereocenters. The van der Waals surface area contributed by atoms with Gasteiger partial charge in [-0.15, -0.1) is 11.3 Å². The van der Waals surface area contributed by atoms with E-state index in [0.717, 1.165) is 11.3 Å². The van der Waals surface area contributed by atoms with Gasteiger partial charge in [0.15, 0.2) is 0 Å². The molecule has 3 rings (SSSR count). The second-order valence-electron chi connectivity index (χ2n) is 4.17. The monoisotopic (exact) mass is 232 g/mol. The molecule has 1 aliphatic rings. The maximum atomic E-state index is 11.4. The SMILES string of the molecule is COC(=O)c1cc2ccc(C3CC3)cc2s1. The molecular weight excluding hydrogens is 220 g/mol. The van der Waals surface area contributed by atoms with Gasteiger partial charge in [-0.3, -0.25) is 0 Å². The fraction of sp³-hybridized carbons (Fsp3) is 0.308. The van der Waals surface area contributed by atoms with Crippen LogP contribution in [-0.4, -0.2) is 13.1 Å². The number of thiophene rings is 1. The van der Waals surface area contributed by atoms with E-state index in [1.165, 1.54) is 41.6 Å². The molecule has 1 fully saturated rings. The standard InChI is InChI=1S/C13H12O2S/c1-15-13(14)12-7-10-5-4-9(8-2-3-8)6-11(10)16-12/h4-8H,2-3H2,1H3. The minimum absolute atomic E-state index is 0.242. The van der Waals surface area contributed by atoms with Gasteiger partial charge in [0.2, 0.25) is 0 Å². The predicted molar refractivity (Wildman–Crippen MR) is 65.1 cm³/mol. The summed E-state index contributed by atoms with van der Waals surface area (Å²) in [5.41, 5.74) is 1.41. The molecule has 1 saturated carbocycles. The van der Waals surface area contributed by atoms with Crippen LogP contribution >= 0.6 is 11.3 Å². The van der Waals surface area contributed by atoms with Gasteiger partial charge in [0.05, 0.1) is 7.11 Å². The van der Waals surface area contributed by atoms with Crippen LogP contribution in [0.5, 0.6) is 0 Å². The Morgan fingerprint density at radius 2 is 2.19 bits per heavy atom. The third kappa shape index (κ3) is 1.61. The van der Waals surface area contributed by atoms with Crippen molar-refractivity contribution in [2.45, 2.75) is 18.8 Å². The molecule has 1 aromatic carbocycles. The molecule has 0 spiro atoms. The Kier molecular flexibility index (Phi) is 2.21. The Hall–Kier alpha value is -1.35. The van der Waals surface area contributed by atoms with Gasteiger partial charge >= 0.3 is 5.97 Å². The summed E-state index contributed by atoms with van der Waals surface area (Å²) in [6, 6.07) is 8.40. The minimum atomic E-state index is -0.242. The van der Waals surface area contributed by atoms with E-state index in [0.29, 0.717) is 4.88 Å². The number of carbonyl (C=O) groups is 1. The topological polar surface area (TPSA) is 26.3 Å². The fourth-order valence-corrected chi connectivity index (χ4v) is 2.95. The highest BCUT2D eigenvalue weighted by Crippen LogP contribution is 2.41. The van der Waals surface area contributed by atoms with Gasteiger partial charge in [-0.1, -0.05) is 12.1 Å². The molecule has 0 N–H and O–H groups in total. The third-order valence-electron chi connectivity index (χ3n) is 2.98. The number of fused-ring (bicyclic) bond motifs is 1. The van der Waals surface area contributed by atoms with Crippen molar-refractivity contribution in [3.63, 3.8) is 0 Å². The lowest BCUT2D eigenvalue weighted by Gasteiger charge is -1.96. The summed E-state index contributed by atoms with van der Waals surface area (Å²) in [5, 5.41) is 1.13. The van der Waals surface area contributed by atoms with Gasteiger partial charge in [0.25, 0.3) is 0 Å². The van der Waals surface area contributed by atoms with Crippen LogP contribution < -0.4 is 0 Å². The summed E-state index contributed by atoms with van der Waals surface area (Å²) in [5.74, 6) is 0.516. The van der Waals surface area contributed by atoms with Crippen molar-refractivity contribution >= 4 is 27.4 Å². The molecule has 0 radical (unpaired) electrons. The molecule has 1 aliphatic carbocycles. The molecular formula is C13H12O2S. The number of rotatable bonds is 2. The lowest BCUT2D eigenvalue weighted by atomic mass is 10.1. The molecule has 16 heavy (non-hydrogen) atoms. The first-order valence-corrected chi connectivity index (χ1v) is 6.21. The van der Waals surface area contributed by atoms with Gasteiger partial charge in [-0.25, -0.2) is 4.79 Å². The van der Waals surface area contributed by atoms with E-state index in [4.69, 9.17) is 4.74 Å². The molecule has 2 aromatic rings. The Balaban J connectivity index is 2.06. The summed E-state index contributed by atoms with van der Waals surface area (Å²) < 4.78 is 5.91. The Morgan fingerprint density at radius 1 is 1.38 bits per heavy atom. The van der Waals surface area contributed by atoms with Crippen LogP contribution in [0.2, 0.25) is 0 Å². The van der Waals surface area contributed by atoms with Crippen molar-refractivity contribution < 1.29 is 9.53 Å². The second kappa shape index (κ2) is 3.59. The van der Waals surface area contributed by atoms with Gasteiger partial charge in [0, 0.05) is 4.70 Å². The van der Waals surface area contributed by atoms with E-state index in [-0.39, 0.29) is 5.97 Å². The first-order chi connectivity index (χ1) is 7.78. The van der Waals surface area contributed by atoms with E-state index in [2.05, 4.69) is 18.2 Å². The lowest BCUT2D eigenvalue weighted by Crippen LogP contribution is -1.96. The highest BCUT2D eigenvalue weighted by Gasteiger charge is 2.23. The van der Waals surface area contributed by atoms with Crippen molar-refractivity contribution in [1.29, 1.82) is 0 Å². The van der Waals surface area contributed by atoms with E-state index >= 15 is 0 Å². The smallest absolute Gasteiger partial charge is 0.348 e. The molecule has 3 heteroatoms. The van der Waals surface area contributed by atoms with Crippen LogP contribution in [0.3, 0.4) is 0 Å². The van der Waals surface area contributed by atoms with Crippen molar-refractivity contribution in [3.05, 3.63) is 34.7 Å². The summed E-state index contributed by atoms with van der Waals surface area (Å²) in [7, 11) is 1.42. The molecule has 1 heterocycles. The number of carbonyl (C=O) groups excluding carboxylic acids is 1. The molecule has 0 unspecified atom stereocenters. The zero-order chi connectivity index (χ0) is 11.1. The highest BCUT2D eigenvalue weighted by atomic mass is 32.1. The number of benzene rings is 1. The first-order valence-electron chi connectivity index (χ1n) is 5.40. The Morgan fingerprint density at radius 3 is 2.88 bits per heavy atom. The maximum Gasteiger partial charge on any atom is 0.348 e. The molecule has 2 nitrogen and oxygen atoms in total. The largest absolute Gasteiger partial charge is 0.465 e. The highest BCUT2D eigenvalue weighted by molar-refractivity contribution is 7.20. The number of hydrogen-bond donors (Lipinski definition) is 0. The van der Waals surface area contributed by atoms with Crippen LogP contribution in [-0.2, 0) is 4.74 Å². The number of esters is 1. The summed E-state index contributed by atoms with van der Waals surface area (Å²) >= 11 is 1.51. The van der Waals surface area contributed by atoms with Crippen molar-refractivity contribution in [2.24, 2.45) is 0 Å². The Bertz CT molecular complexity index is 552. The summed E-state index contributed by atoms with van der Waals surface area (Å²) in [4.78, 5) is 12.1. The third-order valence-corrected chi connectivity index (χ3v) is 4.06. The molecule has 1 aromatic heterocycles. The van der Waals surface area contributed by atoms with E-state index in [9.17, 15) is 4.79 Å². The van der Waals surface area contributed by atoms with Crippen LogP contribution in [0.25, 0.3) is 10.1 Å². The second-order valence-corrected chi connectivity index (χ2v) is 5.26. The molecule has 0 amide bonds. The number of methoxy groups -OCH3 is 1. The van der Waals surface area contributed by atoms with E-state index < -0.39 is 0 Å². The zero-order valence-electron chi connectivity index (χ0n) is 9.03. The number of hydrogen-bond acceptors (Lipinski definition) is 3. The molecule has 0 bridgehead atoms. The average molecular weight is 232 g/mol. The summed E-state index contributed by atoms with van der Waals surface area (Å²) in [6.07, 6.45) is 2.61. The van der Waals surface area contributed by atoms with E-state index in [1.54, 1.807) is 0 Å². The number of ether oxygens (including phenoxy) is 1. The van der Waals surface area contributed by atoms with Gasteiger partial charge in [0.1, 0.15) is 4.88 Å². The Labute approximate surface area is 97.8 Å². The quantitative estimate of drug-likeness (QED) is 0.740. The average Bonchev–Trinajstić information content (AvgIpc) is 3.07. The molecule has 82 valence electrons. The zero-order valence-corrected chi connectivity index (χ0v) is 9.84. The van der Waals surface area contributed by atoms with Gasteiger partial charge in [-0.05, 0) is 41.8 Å². The summed E-state index contributed by atoms with van der Waals surface area (Å²) in [6.45, 7) is 0. The van der Waals surface area contributed by atoms with Gasteiger partial charge in [-0.2, -0.15) is 0 Å². The van der Waals surface area contributed by atoms with Crippen molar-refractivity contribution in [1.82, 2.24) is 0 Å². The molecule has 0 saturated heterocycles. The fourth-order valence-electron chi connectivity index (χ4n) is 1.92. The van der Waals surface area contributed by atoms with Gasteiger partial charge < -0.3 is 4.74 Å². The first kappa shape index (κ1) is 9.85. The van der Waals surface area contributed by atoms with Crippen LogP contribution in [0.1, 0.15) is 34.0 Å². The van der Waals surface area contributed by atoms with Crippen molar-refractivity contribution in [3.8, 4) is 0 Å². The van der Waals surface area contributed by atoms with Crippen LogP contribution in [0.15, 0.2) is 24.3 Å². The van der Waals surface area contributed by atoms with E-state index in [1.807, 2.05) is 6.07 Å². The van der Waals surface area contributed by atoms with Crippen LogP contribution in [0, 0.1) is 0 Å². The maximum absolute atomic E-state index is 11.4. The predicted octanol–water partition coefficient (Wildman–Crippen LogP) is 3.57. The van der Waals surface area contributed by atoms with Crippen molar-refractivity contribution in [2.75, 3.05) is 7.11 Å². The lowest BCUT2D eigenvalue weighted by molar-refractivity contribution is 0.0606. The molecule has 0 aliphatic heterocycles. The van der Waals surface area contributed by atoms with Crippen LogP contribution in [0.4, 0.5) is 0 Å².